The molecule has 2 atom stereocenters. The third-order valence-electron chi connectivity index (χ3n) is 4.39. The van der Waals surface area contributed by atoms with Crippen LogP contribution in [0, 0.1) is 5.92 Å². The molecule has 2 heterocycles. The van der Waals surface area contributed by atoms with Crippen LogP contribution in [0.3, 0.4) is 0 Å². The molecule has 1 aliphatic heterocycles. The van der Waals surface area contributed by atoms with Crippen molar-refractivity contribution in [1.82, 2.24) is 14.7 Å². The van der Waals surface area contributed by atoms with E-state index >= 15 is 0 Å². The van der Waals surface area contributed by atoms with Crippen molar-refractivity contribution in [2.75, 3.05) is 13.1 Å². The quantitative estimate of drug-likeness (QED) is 0.904. The number of benzene rings is 1. The van der Waals surface area contributed by atoms with E-state index in [1.807, 2.05) is 23.1 Å². The number of carbonyl (C=O) groups excluding carboxylic acids is 1. The molecule has 2 aromatic rings. The number of nitrogens with two attached hydrogens (primary N) is 1. The van der Waals surface area contributed by atoms with Gasteiger partial charge in [-0.15, -0.1) is 12.4 Å². The van der Waals surface area contributed by atoms with Crippen molar-refractivity contribution in [3.63, 3.8) is 0 Å². The number of halogens is 2. The molecule has 2 N–H and O–H groups in total. The Bertz CT molecular complexity index is 703. The van der Waals surface area contributed by atoms with Crippen molar-refractivity contribution in [2.24, 2.45) is 11.7 Å². The fourth-order valence-electron chi connectivity index (χ4n) is 3.09. The van der Waals surface area contributed by atoms with Crippen molar-refractivity contribution in [2.45, 2.75) is 25.8 Å². The Morgan fingerprint density at radius 3 is 2.92 bits per heavy atom. The SMILES string of the molecule is CC1CCN(C(=O)c2ccn(-c3cccc(Cl)c3)n2)C(CN)C1.Cl. The molecule has 5 nitrogen and oxygen atoms in total. The Labute approximate surface area is 153 Å². The molecule has 2 unspecified atom stereocenters. The van der Waals surface area contributed by atoms with Gasteiger partial charge in [0.15, 0.2) is 5.69 Å². The zero-order valence-electron chi connectivity index (χ0n) is 13.6. The molecular weight excluding hydrogens is 347 g/mol. The van der Waals surface area contributed by atoms with Gasteiger partial charge in [0.2, 0.25) is 0 Å². The third kappa shape index (κ3) is 3.91. The number of rotatable bonds is 3. The van der Waals surface area contributed by atoms with Crippen molar-refractivity contribution in [3.05, 3.63) is 47.2 Å². The fraction of sp³-hybridized carbons (Fsp3) is 0.412. The van der Waals surface area contributed by atoms with Gasteiger partial charge in [-0.25, -0.2) is 4.68 Å². The third-order valence-corrected chi connectivity index (χ3v) is 4.63. The monoisotopic (exact) mass is 368 g/mol. The molecule has 0 bridgehead atoms. The number of hydrogen-bond acceptors (Lipinski definition) is 3. The Morgan fingerprint density at radius 1 is 1.42 bits per heavy atom. The molecule has 0 saturated carbocycles. The Morgan fingerprint density at radius 2 is 2.21 bits per heavy atom. The van der Waals surface area contributed by atoms with Crippen LogP contribution in [-0.4, -0.2) is 39.7 Å². The number of nitrogens with zero attached hydrogens (tertiary/aromatic N) is 3. The van der Waals surface area contributed by atoms with Crippen LogP contribution in [0.2, 0.25) is 5.02 Å². The summed E-state index contributed by atoms with van der Waals surface area (Å²) in [6.45, 7) is 3.44. The van der Waals surface area contributed by atoms with Crippen molar-refractivity contribution in [3.8, 4) is 5.69 Å². The highest BCUT2D eigenvalue weighted by Gasteiger charge is 2.30. The van der Waals surface area contributed by atoms with Gasteiger partial charge in [-0.3, -0.25) is 4.79 Å². The van der Waals surface area contributed by atoms with E-state index in [1.165, 1.54) is 0 Å². The Balaban J connectivity index is 0.00000208. The highest BCUT2D eigenvalue weighted by Crippen LogP contribution is 2.23. The van der Waals surface area contributed by atoms with Crippen LogP contribution >= 0.6 is 24.0 Å². The lowest BCUT2D eigenvalue weighted by Crippen LogP contribution is -2.49. The summed E-state index contributed by atoms with van der Waals surface area (Å²) < 4.78 is 1.67. The van der Waals surface area contributed by atoms with Gasteiger partial charge in [-0.2, -0.15) is 5.10 Å². The summed E-state index contributed by atoms with van der Waals surface area (Å²) in [5.74, 6) is 0.560. The van der Waals surface area contributed by atoms with E-state index in [1.54, 1.807) is 23.0 Å². The number of piperidine rings is 1. The molecule has 0 radical (unpaired) electrons. The topological polar surface area (TPSA) is 64.2 Å². The summed E-state index contributed by atoms with van der Waals surface area (Å²) in [5.41, 5.74) is 7.13. The summed E-state index contributed by atoms with van der Waals surface area (Å²) >= 11 is 6.01. The average molecular weight is 369 g/mol. The Kier molecular flexibility index (Phi) is 6.27. The van der Waals surface area contributed by atoms with Crippen LogP contribution in [0.4, 0.5) is 0 Å². The highest BCUT2D eigenvalue weighted by molar-refractivity contribution is 6.30. The largest absolute Gasteiger partial charge is 0.333 e. The summed E-state index contributed by atoms with van der Waals surface area (Å²) in [6.07, 6.45) is 3.75. The molecule has 1 aliphatic rings. The highest BCUT2D eigenvalue weighted by atomic mass is 35.5. The van der Waals surface area contributed by atoms with Gasteiger partial charge in [-0.05, 0) is 43.0 Å². The minimum atomic E-state index is -0.0480. The van der Waals surface area contributed by atoms with E-state index in [0.29, 0.717) is 23.2 Å². The smallest absolute Gasteiger partial charge is 0.274 e. The van der Waals surface area contributed by atoms with Crippen molar-refractivity contribution >= 4 is 29.9 Å². The van der Waals surface area contributed by atoms with E-state index in [2.05, 4.69) is 12.0 Å². The minimum absolute atomic E-state index is 0. The van der Waals surface area contributed by atoms with Crippen LogP contribution in [0.1, 0.15) is 30.3 Å². The zero-order valence-corrected chi connectivity index (χ0v) is 15.1. The van der Waals surface area contributed by atoms with Crippen molar-refractivity contribution < 1.29 is 4.79 Å². The van der Waals surface area contributed by atoms with Crippen LogP contribution in [0.15, 0.2) is 36.5 Å². The first-order valence-electron chi connectivity index (χ1n) is 7.91. The first-order chi connectivity index (χ1) is 11.1. The van der Waals surface area contributed by atoms with Crippen LogP contribution < -0.4 is 5.73 Å². The summed E-state index contributed by atoms with van der Waals surface area (Å²) in [6, 6.07) is 9.22. The lowest BCUT2D eigenvalue weighted by molar-refractivity contribution is 0.0567. The number of aromatic nitrogens is 2. The van der Waals surface area contributed by atoms with E-state index in [9.17, 15) is 4.79 Å². The second kappa shape index (κ2) is 8.01. The van der Waals surface area contributed by atoms with Gasteiger partial charge in [-0.1, -0.05) is 24.6 Å². The van der Waals surface area contributed by atoms with Gasteiger partial charge in [0.25, 0.3) is 5.91 Å². The maximum Gasteiger partial charge on any atom is 0.274 e. The second-order valence-electron chi connectivity index (χ2n) is 6.14. The fourth-order valence-corrected chi connectivity index (χ4v) is 3.27. The molecule has 0 aliphatic carbocycles. The molecule has 1 aromatic heterocycles. The van der Waals surface area contributed by atoms with Gasteiger partial charge >= 0.3 is 0 Å². The lowest BCUT2D eigenvalue weighted by Gasteiger charge is -2.37. The summed E-state index contributed by atoms with van der Waals surface area (Å²) in [4.78, 5) is 14.6. The number of hydrogen-bond donors (Lipinski definition) is 1. The molecule has 1 aromatic carbocycles. The van der Waals surface area contributed by atoms with Crippen LogP contribution in [-0.2, 0) is 0 Å². The van der Waals surface area contributed by atoms with Gasteiger partial charge in [0, 0.05) is 30.4 Å². The minimum Gasteiger partial charge on any atom is -0.333 e. The number of carbonyl (C=O) groups is 1. The van der Waals surface area contributed by atoms with Crippen LogP contribution in [0.5, 0.6) is 0 Å². The predicted octanol–water partition coefficient (Wildman–Crippen LogP) is 3.15. The summed E-state index contributed by atoms with van der Waals surface area (Å²) in [5, 5.41) is 5.05. The first-order valence-corrected chi connectivity index (χ1v) is 8.29. The van der Waals surface area contributed by atoms with E-state index in [-0.39, 0.29) is 24.4 Å². The maximum absolute atomic E-state index is 12.8. The molecule has 0 spiro atoms. The molecule has 130 valence electrons. The molecule has 1 saturated heterocycles. The molecule has 1 fully saturated rings. The predicted molar refractivity (Wildman–Crippen MR) is 98.1 cm³/mol. The van der Waals surface area contributed by atoms with E-state index in [0.717, 1.165) is 25.1 Å². The van der Waals surface area contributed by atoms with Crippen molar-refractivity contribution in [1.29, 1.82) is 0 Å². The number of amides is 1. The molecule has 24 heavy (non-hydrogen) atoms. The van der Waals surface area contributed by atoms with Gasteiger partial charge in [0.05, 0.1) is 5.69 Å². The van der Waals surface area contributed by atoms with E-state index < -0.39 is 0 Å². The Hall–Kier alpha value is -1.56. The van der Waals surface area contributed by atoms with Crippen LogP contribution in [0.25, 0.3) is 5.69 Å². The number of likely N-dealkylation sites (tertiary alicyclic amines) is 1. The van der Waals surface area contributed by atoms with Gasteiger partial charge < -0.3 is 10.6 Å². The van der Waals surface area contributed by atoms with E-state index in [4.69, 9.17) is 17.3 Å². The summed E-state index contributed by atoms with van der Waals surface area (Å²) in [7, 11) is 0. The molecule has 3 rings (SSSR count). The van der Waals surface area contributed by atoms with Gasteiger partial charge in [0.1, 0.15) is 0 Å². The maximum atomic E-state index is 12.8. The lowest BCUT2D eigenvalue weighted by atomic mass is 9.92. The molecular formula is C17H22Cl2N4O. The standard InChI is InChI=1S/C17H21ClN4O.ClH/c1-12-5-7-21(15(9-12)11-19)17(23)16-6-8-22(20-16)14-4-2-3-13(18)10-14;/h2-4,6,8,10,12,15H,5,7,9,11,19H2,1H3;1H. The average Bonchev–Trinajstić information content (AvgIpc) is 3.04. The molecule has 1 amide bonds. The second-order valence-corrected chi connectivity index (χ2v) is 6.58. The molecule has 7 heteroatoms. The normalized spacial score (nSPS) is 20.5. The zero-order chi connectivity index (χ0) is 16.4. The first kappa shape index (κ1) is 18.8.